The third-order valence-corrected chi connectivity index (χ3v) is 4.29. The van der Waals surface area contributed by atoms with E-state index < -0.39 is 0 Å². The van der Waals surface area contributed by atoms with Crippen molar-refractivity contribution in [2.45, 2.75) is 65.0 Å². The summed E-state index contributed by atoms with van der Waals surface area (Å²) in [6.45, 7) is 13.5. The lowest BCUT2D eigenvalue weighted by Crippen LogP contribution is -2.46. The van der Waals surface area contributed by atoms with E-state index >= 15 is 0 Å². The van der Waals surface area contributed by atoms with Crippen molar-refractivity contribution >= 4 is 0 Å². The fourth-order valence-electron chi connectivity index (χ4n) is 3.33. The predicted molar refractivity (Wildman–Crippen MR) is 88.5 cm³/mol. The van der Waals surface area contributed by atoms with Gasteiger partial charge in [0.15, 0.2) is 0 Å². The predicted octanol–water partition coefficient (Wildman–Crippen LogP) is 2.68. The maximum absolute atomic E-state index is 4.71. The summed E-state index contributed by atoms with van der Waals surface area (Å²) in [5, 5.41) is 8.26. The molecule has 21 heavy (non-hydrogen) atoms. The molecule has 0 amide bonds. The van der Waals surface area contributed by atoms with Crippen LogP contribution in [0.2, 0.25) is 0 Å². The normalized spacial score (nSPS) is 20.2. The van der Waals surface area contributed by atoms with Crippen molar-refractivity contribution in [2.24, 2.45) is 7.05 Å². The van der Waals surface area contributed by atoms with Gasteiger partial charge in [0.2, 0.25) is 0 Å². The molecule has 1 aromatic heterocycles. The second kappa shape index (κ2) is 6.93. The van der Waals surface area contributed by atoms with Crippen LogP contribution in [0.1, 0.15) is 58.2 Å². The summed E-state index contributed by atoms with van der Waals surface area (Å²) in [6, 6.07) is 0.673. The molecule has 1 aromatic rings. The summed E-state index contributed by atoms with van der Waals surface area (Å²) in [6.07, 6.45) is 6.03. The largest absolute Gasteiger partial charge is 0.315 e. The summed E-state index contributed by atoms with van der Waals surface area (Å²) >= 11 is 0. The Morgan fingerprint density at radius 2 is 2.19 bits per heavy atom. The van der Waals surface area contributed by atoms with E-state index in [0.29, 0.717) is 6.04 Å². The average Bonchev–Trinajstić information content (AvgIpc) is 2.80. The SMILES string of the molecule is CCCN(Cc1cn(C)nc1C(C)(C)C)C1CCCNC1. The number of nitrogens with one attached hydrogen (secondary N) is 1. The molecule has 2 rings (SSSR count). The van der Waals surface area contributed by atoms with Crippen LogP contribution >= 0.6 is 0 Å². The summed E-state index contributed by atoms with van der Waals surface area (Å²) in [5.74, 6) is 0. The van der Waals surface area contributed by atoms with E-state index in [1.165, 1.54) is 43.6 Å². The highest BCUT2D eigenvalue weighted by Gasteiger charge is 2.26. The van der Waals surface area contributed by atoms with Gasteiger partial charge in [0.25, 0.3) is 0 Å². The van der Waals surface area contributed by atoms with Gasteiger partial charge in [0.05, 0.1) is 5.69 Å². The van der Waals surface area contributed by atoms with Gasteiger partial charge in [-0.2, -0.15) is 5.10 Å². The van der Waals surface area contributed by atoms with Crippen LogP contribution in [0.4, 0.5) is 0 Å². The number of rotatable bonds is 5. The molecule has 0 saturated carbocycles. The smallest absolute Gasteiger partial charge is 0.0722 e. The third-order valence-electron chi connectivity index (χ3n) is 4.29. The first-order valence-electron chi connectivity index (χ1n) is 8.39. The Hall–Kier alpha value is -0.870. The van der Waals surface area contributed by atoms with Crippen molar-refractivity contribution in [1.82, 2.24) is 20.0 Å². The second-order valence-corrected chi connectivity index (χ2v) is 7.40. The topological polar surface area (TPSA) is 33.1 Å². The Morgan fingerprint density at radius 1 is 1.43 bits per heavy atom. The Morgan fingerprint density at radius 3 is 2.76 bits per heavy atom. The molecule has 1 N–H and O–H groups in total. The molecule has 1 aliphatic heterocycles. The molecule has 0 spiro atoms. The summed E-state index contributed by atoms with van der Waals surface area (Å²) in [7, 11) is 2.03. The van der Waals surface area contributed by atoms with E-state index in [-0.39, 0.29) is 5.41 Å². The molecule has 4 nitrogen and oxygen atoms in total. The Balaban J connectivity index is 2.16. The Labute approximate surface area is 129 Å². The summed E-state index contributed by atoms with van der Waals surface area (Å²) < 4.78 is 1.97. The number of hydrogen-bond donors (Lipinski definition) is 1. The molecule has 1 aliphatic rings. The molecular weight excluding hydrogens is 260 g/mol. The zero-order chi connectivity index (χ0) is 15.5. The minimum atomic E-state index is 0.110. The highest BCUT2D eigenvalue weighted by molar-refractivity contribution is 5.24. The van der Waals surface area contributed by atoms with Gasteiger partial charge in [0.1, 0.15) is 0 Å². The van der Waals surface area contributed by atoms with Gasteiger partial charge in [-0.25, -0.2) is 0 Å². The van der Waals surface area contributed by atoms with Crippen LogP contribution in [0, 0.1) is 0 Å². The molecule has 4 heteroatoms. The van der Waals surface area contributed by atoms with Crippen LogP contribution in [0.5, 0.6) is 0 Å². The Bertz CT molecular complexity index is 438. The summed E-state index contributed by atoms with van der Waals surface area (Å²) in [4.78, 5) is 2.65. The number of aromatic nitrogens is 2. The first-order valence-corrected chi connectivity index (χ1v) is 8.39. The van der Waals surface area contributed by atoms with E-state index in [1.54, 1.807) is 0 Å². The Kier molecular flexibility index (Phi) is 5.44. The fourth-order valence-corrected chi connectivity index (χ4v) is 3.33. The fraction of sp³-hybridized carbons (Fsp3) is 0.824. The molecular formula is C17H32N4. The van der Waals surface area contributed by atoms with Crippen molar-refractivity contribution in [2.75, 3.05) is 19.6 Å². The van der Waals surface area contributed by atoms with Crippen LogP contribution in [-0.4, -0.2) is 40.4 Å². The maximum Gasteiger partial charge on any atom is 0.0722 e. The summed E-state index contributed by atoms with van der Waals surface area (Å²) in [5.41, 5.74) is 2.75. The van der Waals surface area contributed by atoms with E-state index in [9.17, 15) is 0 Å². The van der Waals surface area contributed by atoms with Crippen LogP contribution in [-0.2, 0) is 19.0 Å². The minimum Gasteiger partial charge on any atom is -0.315 e. The quantitative estimate of drug-likeness (QED) is 0.906. The van der Waals surface area contributed by atoms with E-state index in [1.807, 2.05) is 11.7 Å². The number of piperidine rings is 1. The lowest BCUT2D eigenvalue weighted by Gasteiger charge is -2.35. The molecule has 1 atom stereocenters. The first kappa shape index (κ1) is 16.5. The van der Waals surface area contributed by atoms with Crippen LogP contribution in [0.3, 0.4) is 0 Å². The second-order valence-electron chi connectivity index (χ2n) is 7.40. The molecule has 120 valence electrons. The molecule has 0 aliphatic carbocycles. The van der Waals surface area contributed by atoms with Crippen LogP contribution < -0.4 is 5.32 Å². The number of nitrogens with zero attached hydrogens (tertiary/aromatic N) is 3. The lowest BCUT2D eigenvalue weighted by molar-refractivity contribution is 0.157. The van der Waals surface area contributed by atoms with Gasteiger partial charge in [-0.15, -0.1) is 0 Å². The molecule has 1 fully saturated rings. The molecule has 0 bridgehead atoms. The number of hydrogen-bond acceptors (Lipinski definition) is 3. The van der Waals surface area contributed by atoms with Gasteiger partial charge < -0.3 is 5.32 Å². The van der Waals surface area contributed by atoms with Crippen molar-refractivity contribution in [3.05, 3.63) is 17.5 Å². The van der Waals surface area contributed by atoms with Crippen LogP contribution in [0.15, 0.2) is 6.20 Å². The zero-order valence-electron chi connectivity index (χ0n) is 14.4. The monoisotopic (exact) mass is 292 g/mol. The third kappa shape index (κ3) is 4.30. The average molecular weight is 292 g/mol. The van der Waals surface area contributed by atoms with Gasteiger partial charge in [0, 0.05) is 43.4 Å². The first-order chi connectivity index (χ1) is 9.91. The minimum absolute atomic E-state index is 0.110. The molecule has 0 aromatic carbocycles. The molecule has 1 unspecified atom stereocenters. The van der Waals surface area contributed by atoms with Crippen molar-refractivity contribution in [3.63, 3.8) is 0 Å². The van der Waals surface area contributed by atoms with Gasteiger partial charge in [-0.05, 0) is 32.4 Å². The lowest BCUT2D eigenvalue weighted by atomic mass is 9.89. The molecule has 1 saturated heterocycles. The van der Waals surface area contributed by atoms with Gasteiger partial charge in [-0.1, -0.05) is 27.7 Å². The molecule has 0 radical (unpaired) electrons. The van der Waals surface area contributed by atoms with E-state index in [4.69, 9.17) is 5.10 Å². The zero-order valence-corrected chi connectivity index (χ0v) is 14.4. The van der Waals surface area contributed by atoms with Crippen molar-refractivity contribution in [1.29, 1.82) is 0 Å². The van der Waals surface area contributed by atoms with Crippen molar-refractivity contribution < 1.29 is 0 Å². The van der Waals surface area contributed by atoms with Crippen molar-refractivity contribution in [3.8, 4) is 0 Å². The number of aryl methyl sites for hydroxylation is 1. The van der Waals surface area contributed by atoms with Gasteiger partial charge in [-0.3, -0.25) is 9.58 Å². The molecule has 2 heterocycles. The maximum atomic E-state index is 4.71. The highest BCUT2D eigenvalue weighted by atomic mass is 15.3. The standard InChI is InChI=1S/C17H32N4/c1-6-10-21(15-8-7-9-18-11-15)13-14-12-20(5)19-16(14)17(2,3)4/h12,15,18H,6-11,13H2,1-5H3. The van der Waals surface area contributed by atoms with Gasteiger partial charge >= 0.3 is 0 Å². The highest BCUT2D eigenvalue weighted by Crippen LogP contribution is 2.26. The van der Waals surface area contributed by atoms with Crippen LogP contribution in [0.25, 0.3) is 0 Å². The van der Waals surface area contributed by atoms with E-state index in [2.05, 4.69) is 44.1 Å². The van der Waals surface area contributed by atoms with E-state index in [0.717, 1.165) is 13.1 Å².